The van der Waals surface area contributed by atoms with Gasteiger partial charge in [-0.3, -0.25) is 4.79 Å². The summed E-state index contributed by atoms with van der Waals surface area (Å²) in [6.45, 7) is 0. The van der Waals surface area contributed by atoms with Crippen molar-refractivity contribution in [2.45, 2.75) is 18.9 Å². The summed E-state index contributed by atoms with van der Waals surface area (Å²) in [7, 11) is 0. The molecule has 1 unspecified atom stereocenters. The van der Waals surface area contributed by atoms with Crippen LogP contribution in [-0.4, -0.2) is 5.91 Å². The number of halogens is 2. The summed E-state index contributed by atoms with van der Waals surface area (Å²) in [5.41, 5.74) is 10.4. The molecular formula is C16H14ClIN2O. The van der Waals surface area contributed by atoms with Gasteiger partial charge < -0.3 is 11.1 Å². The molecule has 108 valence electrons. The van der Waals surface area contributed by atoms with E-state index < -0.39 is 0 Å². The third-order valence-corrected chi connectivity index (χ3v) is 5.26. The van der Waals surface area contributed by atoms with E-state index in [0.29, 0.717) is 11.4 Å². The molecule has 0 saturated carbocycles. The highest BCUT2D eigenvalue weighted by Gasteiger charge is 2.17. The van der Waals surface area contributed by atoms with E-state index in [1.165, 1.54) is 0 Å². The Morgan fingerprint density at radius 3 is 2.62 bits per heavy atom. The van der Waals surface area contributed by atoms with Crippen molar-refractivity contribution in [3.05, 3.63) is 61.7 Å². The zero-order chi connectivity index (χ0) is 15.0. The van der Waals surface area contributed by atoms with E-state index in [-0.39, 0.29) is 11.9 Å². The van der Waals surface area contributed by atoms with Crippen molar-refractivity contribution in [2.24, 2.45) is 5.73 Å². The molecule has 1 aliphatic rings. The summed E-state index contributed by atoms with van der Waals surface area (Å²) in [6, 6.07) is 11.6. The second-order valence-corrected chi connectivity index (χ2v) is 6.69. The molecule has 5 heteroatoms. The number of rotatable bonds is 2. The summed E-state index contributed by atoms with van der Waals surface area (Å²) < 4.78 is 1.01. The van der Waals surface area contributed by atoms with Crippen LogP contribution in [-0.2, 0) is 11.2 Å². The fourth-order valence-electron chi connectivity index (χ4n) is 2.50. The van der Waals surface area contributed by atoms with Gasteiger partial charge in [-0.25, -0.2) is 0 Å². The summed E-state index contributed by atoms with van der Waals surface area (Å²) >= 11 is 8.36. The van der Waals surface area contributed by atoms with Crippen LogP contribution in [0.2, 0.25) is 5.02 Å². The SMILES string of the molecule is NC(c1ccc(I)c(Cl)c1)c1ccc2c(c1)CCC(=O)N2. The maximum Gasteiger partial charge on any atom is 0.224 e. The van der Waals surface area contributed by atoms with Crippen LogP contribution < -0.4 is 11.1 Å². The van der Waals surface area contributed by atoms with E-state index in [0.717, 1.165) is 32.4 Å². The summed E-state index contributed by atoms with van der Waals surface area (Å²) in [5, 5.41) is 3.60. The van der Waals surface area contributed by atoms with Gasteiger partial charge in [-0.2, -0.15) is 0 Å². The molecule has 0 radical (unpaired) electrons. The van der Waals surface area contributed by atoms with Gasteiger partial charge in [0.05, 0.1) is 11.1 Å². The number of nitrogens with two attached hydrogens (primary N) is 1. The molecular weight excluding hydrogens is 399 g/mol. The predicted octanol–water partition coefficient (Wildman–Crippen LogP) is 3.88. The molecule has 0 saturated heterocycles. The molecule has 1 aliphatic heterocycles. The third-order valence-electron chi connectivity index (χ3n) is 3.69. The lowest BCUT2D eigenvalue weighted by atomic mass is 9.94. The minimum Gasteiger partial charge on any atom is -0.326 e. The minimum atomic E-state index is -0.220. The van der Waals surface area contributed by atoms with Gasteiger partial charge in [0.1, 0.15) is 0 Å². The van der Waals surface area contributed by atoms with Gasteiger partial charge >= 0.3 is 0 Å². The van der Waals surface area contributed by atoms with Crippen LogP contribution in [0.25, 0.3) is 0 Å². The zero-order valence-corrected chi connectivity index (χ0v) is 14.1. The summed E-state index contributed by atoms with van der Waals surface area (Å²) in [4.78, 5) is 11.4. The lowest BCUT2D eigenvalue weighted by Crippen LogP contribution is -2.20. The molecule has 0 aromatic heterocycles. The Labute approximate surface area is 142 Å². The quantitative estimate of drug-likeness (QED) is 0.736. The molecule has 3 rings (SSSR count). The van der Waals surface area contributed by atoms with Crippen LogP contribution in [0.5, 0.6) is 0 Å². The van der Waals surface area contributed by atoms with E-state index in [1.807, 2.05) is 30.3 Å². The standard InChI is InChI=1S/C16H14ClIN2O/c17-12-8-11(1-4-13(12)18)16(19)10-2-5-14-9(7-10)3-6-15(21)20-14/h1-2,4-5,7-8,16H,3,6,19H2,(H,20,21). The van der Waals surface area contributed by atoms with E-state index in [9.17, 15) is 4.79 Å². The molecule has 2 aromatic carbocycles. The number of aryl methyl sites for hydroxylation is 1. The first-order valence-corrected chi connectivity index (χ1v) is 8.13. The Bertz CT molecular complexity index is 717. The van der Waals surface area contributed by atoms with E-state index in [2.05, 4.69) is 34.0 Å². The van der Waals surface area contributed by atoms with E-state index in [4.69, 9.17) is 17.3 Å². The average Bonchev–Trinajstić information content (AvgIpc) is 2.49. The van der Waals surface area contributed by atoms with Crippen molar-refractivity contribution in [1.82, 2.24) is 0 Å². The van der Waals surface area contributed by atoms with Gasteiger partial charge in [0.15, 0.2) is 0 Å². The third kappa shape index (κ3) is 3.07. The topological polar surface area (TPSA) is 55.1 Å². The van der Waals surface area contributed by atoms with E-state index >= 15 is 0 Å². The predicted molar refractivity (Wildman–Crippen MR) is 93.6 cm³/mol. The fourth-order valence-corrected chi connectivity index (χ4v) is 3.02. The normalized spacial score (nSPS) is 15.3. The van der Waals surface area contributed by atoms with Gasteiger partial charge in [-0.1, -0.05) is 29.8 Å². The number of anilines is 1. The molecule has 21 heavy (non-hydrogen) atoms. The Kier molecular flexibility index (Phi) is 4.19. The van der Waals surface area contributed by atoms with Gasteiger partial charge in [-0.15, -0.1) is 0 Å². The monoisotopic (exact) mass is 412 g/mol. The highest BCUT2D eigenvalue weighted by Crippen LogP contribution is 2.29. The van der Waals surface area contributed by atoms with Gasteiger partial charge in [0.2, 0.25) is 5.91 Å². The van der Waals surface area contributed by atoms with Crippen molar-refractivity contribution < 1.29 is 4.79 Å². The van der Waals surface area contributed by atoms with Crippen molar-refractivity contribution in [3.8, 4) is 0 Å². The van der Waals surface area contributed by atoms with Crippen LogP contribution in [0.4, 0.5) is 5.69 Å². The Hall–Kier alpha value is -1.11. The maximum absolute atomic E-state index is 11.4. The highest BCUT2D eigenvalue weighted by molar-refractivity contribution is 14.1. The second kappa shape index (κ2) is 5.94. The van der Waals surface area contributed by atoms with Crippen molar-refractivity contribution >= 4 is 45.8 Å². The smallest absolute Gasteiger partial charge is 0.224 e. The summed E-state index contributed by atoms with van der Waals surface area (Å²) in [5.74, 6) is 0.0731. The number of carbonyl (C=O) groups is 1. The molecule has 3 nitrogen and oxygen atoms in total. The van der Waals surface area contributed by atoms with Crippen LogP contribution in [0.3, 0.4) is 0 Å². The van der Waals surface area contributed by atoms with Crippen LogP contribution >= 0.6 is 34.2 Å². The molecule has 0 fully saturated rings. The largest absolute Gasteiger partial charge is 0.326 e. The van der Waals surface area contributed by atoms with Crippen molar-refractivity contribution in [2.75, 3.05) is 5.32 Å². The van der Waals surface area contributed by atoms with Crippen LogP contribution in [0, 0.1) is 3.57 Å². The van der Waals surface area contributed by atoms with Crippen molar-refractivity contribution in [3.63, 3.8) is 0 Å². The number of benzene rings is 2. The molecule has 2 aromatic rings. The Morgan fingerprint density at radius 2 is 1.86 bits per heavy atom. The van der Waals surface area contributed by atoms with Crippen molar-refractivity contribution in [1.29, 1.82) is 0 Å². The fraction of sp³-hybridized carbons (Fsp3) is 0.188. The number of hydrogen-bond acceptors (Lipinski definition) is 2. The Morgan fingerprint density at radius 1 is 1.14 bits per heavy atom. The zero-order valence-electron chi connectivity index (χ0n) is 11.2. The van der Waals surface area contributed by atoms with Gasteiger partial charge in [0.25, 0.3) is 0 Å². The van der Waals surface area contributed by atoms with Gasteiger partial charge in [0, 0.05) is 15.7 Å². The number of nitrogens with one attached hydrogen (secondary N) is 1. The molecule has 1 amide bonds. The first-order valence-electron chi connectivity index (χ1n) is 6.68. The maximum atomic E-state index is 11.4. The number of fused-ring (bicyclic) bond motifs is 1. The number of carbonyl (C=O) groups excluding carboxylic acids is 1. The molecule has 1 heterocycles. The Balaban J connectivity index is 1.93. The first kappa shape index (κ1) is 14.8. The molecule has 0 aliphatic carbocycles. The average molecular weight is 413 g/mol. The van der Waals surface area contributed by atoms with Crippen LogP contribution in [0.1, 0.15) is 29.2 Å². The minimum absolute atomic E-state index is 0.0731. The molecule has 0 bridgehead atoms. The number of hydrogen-bond donors (Lipinski definition) is 2. The van der Waals surface area contributed by atoms with E-state index in [1.54, 1.807) is 0 Å². The number of amides is 1. The highest BCUT2D eigenvalue weighted by atomic mass is 127. The second-order valence-electron chi connectivity index (χ2n) is 5.12. The van der Waals surface area contributed by atoms with Crippen LogP contribution in [0.15, 0.2) is 36.4 Å². The lowest BCUT2D eigenvalue weighted by Gasteiger charge is -2.20. The lowest BCUT2D eigenvalue weighted by molar-refractivity contribution is -0.116. The summed E-state index contributed by atoms with van der Waals surface area (Å²) in [6.07, 6.45) is 1.29. The molecule has 0 spiro atoms. The van der Waals surface area contributed by atoms with Gasteiger partial charge in [-0.05, 0) is 63.9 Å². The molecule has 1 atom stereocenters. The molecule has 3 N–H and O–H groups in total. The first-order chi connectivity index (χ1) is 10.0.